The van der Waals surface area contributed by atoms with Crippen molar-refractivity contribution in [1.82, 2.24) is 24.3 Å². The Kier molecular flexibility index (Phi) is 21.6. The standard InChI is InChI=1S/C29H27N3O3.C21H23N3O.C13H18O3/c33-16-7-17-35-24-14-12-23(13-15-24)27-20-32-28(25(30-27)18-21-8-3-1-4-9-21)31-26(29(32)34)19-22-10-5-2-6-11-22;1-2-3-13-25-18-11-9-17(10-12-18)20-15-23-21(22)19(24-20)14-16-7-5-4-6-8-16;1-3-15-13(16-4-2)12(14)10-11-8-6-5-7-9-11/h1-6,8-15,20,33-34H,7,16-19H2;4-12,15H,2-3,13-14H2,1H3,(H2,22,23);5-9,13H,3-4,10H2,1-2H3. The Morgan fingerprint density at radius 3 is 1.53 bits per heavy atom. The lowest BCUT2D eigenvalue weighted by atomic mass is 10.1. The van der Waals surface area contributed by atoms with Crippen molar-refractivity contribution in [3.05, 3.63) is 222 Å². The van der Waals surface area contributed by atoms with Gasteiger partial charge in [-0.3, -0.25) is 9.20 Å². The van der Waals surface area contributed by atoms with Gasteiger partial charge in [-0.25, -0.2) is 19.9 Å². The summed E-state index contributed by atoms with van der Waals surface area (Å²) >= 11 is 0. The van der Waals surface area contributed by atoms with Crippen molar-refractivity contribution in [2.75, 3.05) is 38.8 Å². The van der Waals surface area contributed by atoms with Crippen molar-refractivity contribution in [2.24, 2.45) is 0 Å². The highest BCUT2D eigenvalue weighted by Gasteiger charge is 2.20. The number of aromatic nitrogens is 5. The molecule has 4 N–H and O–H groups in total. The zero-order valence-corrected chi connectivity index (χ0v) is 43.6. The maximum absolute atomic E-state index is 11.8. The van der Waals surface area contributed by atoms with Gasteiger partial charge in [0, 0.05) is 69.2 Å². The molecule has 13 nitrogen and oxygen atoms in total. The number of nitrogens with zero attached hydrogens (tertiary/aromatic N) is 5. The van der Waals surface area contributed by atoms with Gasteiger partial charge >= 0.3 is 0 Å². The SMILES string of the molecule is CCCCOc1ccc(-c2cnc(N)c(Cc3ccccc3)n2)cc1.CCOC(OCC)C(=O)Cc1ccccc1.OCCCOc1ccc(-c2cn3c(O)c(Cc4ccccc4)nc3c(Cc3ccccc3)n2)cc1. The van der Waals surface area contributed by atoms with E-state index in [-0.39, 0.29) is 18.3 Å². The van der Waals surface area contributed by atoms with Crippen LogP contribution in [0.1, 0.15) is 79.4 Å². The van der Waals surface area contributed by atoms with Crippen LogP contribution in [0.15, 0.2) is 182 Å². The molecule has 0 atom stereocenters. The molecule has 3 heterocycles. The molecule has 392 valence electrons. The monoisotopic (exact) mass is 1020 g/mol. The van der Waals surface area contributed by atoms with Crippen LogP contribution in [0.3, 0.4) is 0 Å². The van der Waals surface area contributed by atoms with E-state index in [0.29, 0.717) is 69.1 Å². The number of aromatic hydroxyl groups is 1. The van der Waals surface area contributed by atoms with Crippen molar-refractivity contribution in [3.8, 4) is 39.9 Å². The number of unbranched alkanes of at least 4 members (excludes halogenated alkanes) is 1. The number of hydrogen-bond donors (Lipinski definition) is 3. The first-order valence-electron chi connectivity index (χ1n) is 25.9. The summed E-state index contributed by atoms with van der Waals surface area (Å²) in [5.41, 5.74) is 16.7. The molecule has 0 amide bonds. The summed E-state index contributed by atoms with van der Waals surface area (Å²) in [6.45, 7) is 8.12. The first-order chi connectivity index (χ1) is 37.2. The Hall–Kier alpha value is -8.23. The molecule has 0 saturated heterocycles. The number of Topliss-reactive ketones (excluding diaryl/α,β-unsaturated/α-hetero) is 1. The number of carbonyl (C=O) groups is 1. The molecule has 6 aromatic carbocycles. The molecule has 0 aliphatic heterocycles. The lowest BCUT2D eigenvalue weighted by Crippen LogP contribution is -2.29. The third-order valence-corrected chi connectivity index (χ3v) is 12.0. The van der Waals surface area contributed by atoms with E-state index in [9.17, 15) is 9.90 Å². The van der Waals surface area contributed by atoms with Crippen LogP contribution in [0, 0.1) is 0 Å². The number of nitrogens with two attached hydrogens (primary N) is 1. The Balaban J connectivity index is 0.000000179. The Labute approximate surface area is 446 Å². The number of ether oxygens (including phenoxy) is 4. The van der Waals surface area contributed by atoms with Gasteiger partial charge < -0.3 is 34.9 Å². The Bertz CT molecular complexity index is 3120. The maximum atomic E-state index is 11.8. The van der Waals surface area contributed by atoms with E-state index in [2.05, 4.69) is 36.2 Å². The van der Waals surface area contributed by atoms with Crippen LogP contribution in [0.25, 0.3) is 28.2 Å². The fourth-order valence-electron chi connectivity index (χ4n) is 8.04. The summed E-state index contributed by atoms with van der Waals surface area (Å²) in [7, 11) is 0. The summed E-state index contributed by atoms with van der Waals surface area (Å²) in [4.78, 5) is 30.6. The third kappa shape index (κ3) is 16.6. The van der Waals surface area contributed by atoms with E-state index in [0.717, 1.165) is 81.5 Å². The molecule has 0 aliphatic rings. The molecule has 13 heteroatoms. The summed E-state index contributed by atoms with van der Waals surface area (Å²) in [6, 6.07) is 55.6. The Morgan fingerprint density at radius 1 is 0.566 bits per heavy atom. The molecule has 9 aromatic rings. The fraction of sp³-hybridized carbons (Fsp3) is 0.254. The minimum absolute atomic E-state index is 0.0325. The van der Waals surface area contributed by atoms with Crippen molar-refractivity contribution < 1.29 is 34.0 Å². The van der Waals surface area contributed by atoms with Crippen LogP contribution in [0.5, 0.6) is 17.4 Å². The number of fused-ring (bicyclic) bond motifs is 1. The summed E-state index contributed by atoms with van der Waals surface area (Å²) in [5.74, 6) is 2.20. The first-order valence-corrected chi connectivity index (χ1v) is 25.9. The average Bonchev–Trinajstić information content (AvgIpc) is 3.77. The lowest BCUT2D eigenvalue weighted by molar-refractivity contribution is -0.167. The van der Waals surface area contributed by atoms with E-state index in [4.69, 9.17) is 44.7 Å². The van der Waals surface area contributed by atoms with E-state index in [1.807, 2.05) is 166 Å². The molecule has 3 aromatic heterocycles. The number of rotatable bonds is 23. The average molecular weight is 1020 g/mol. The number of benzene rings is 6. The number of aliphatic hydroxyl groups is 1. The van der Waals surface area contributed by atoms with Gasteiger partial charge in [-0.05, 0) is 91.1 Å². The van der Waals surface area contributed by atoms with Crippen molar-refractivity contribution in [1.29, 1.82) is 0 Å². The number of anilines is 1. The highest BCUT2D eigenvalue weighted by atomic mass is 16.7. The summed E-state index contributed by atoms with van der Waals surface area (Å²) in [6.07, 6.45) is 7.77. The number of hydrogen-bond acceptors (Lipinski definition) is 12. The van der Waals surface area contributed by atoms with Crippen molar-refractivity contribution in [2.45, 2.75) is 72.0 Å². The van der Waals surface area contributed by atoms with Gasteiger partial charge in [0.25, 0.3) is 0 Å². The second-order valence-corrected chi connectivity index (χ2v) is 17.8. The lowest BCUT2D eigenvalue weighted by Gasteiger charge is -2.15. The summed E-state index contributed by atoms with van der Waals surface area (Å²) < 4.78 is 23.6. The van der Waals surface area contributed by atoms with Crippen LogP contribution in [-0.4, -0.2) is 79.7 Å². The predicted molar refractivity (Wildman–Crippen MR) is 300 cm³/mol. The normalized spacial score (nSPS) is 10.9. The molecule has 0 spiro atoms. The van der Waals surface area contributed by atoms with Gasteiger partial charge in [-0.1, -0.05) is 135 Å². The highest BCUT2D eigenvalue weighted by molar-refractivity contribution is 5.84. The first kappa shape index (κ1) is 55.5. The number of imidazole rings is 1. The maximum Gasteiger partial charge on any atom is 0.219 e. The molecule has 0 aliphatic carbocycles. The van der Waals surface area contributed by atoms with Crippen LogP contribution in [0.2, 0.25) is 0 Å². The smallest absolute Gasteiger partial charge is 0.219 e. The molecule has 76 heavy (non-hydrogen) atoms. The number of carbonyl (C=O) groups excluding carboxylic acids is 1. The van der Waals surface area contributed by atoms with Gasteiger partial charge in [-0.2, -0.15) is 0 Å². The van der Waals surface area contributed by atoms with E-state index < -0.39 is 6.29 Å². The molecule has 9 rings (SSSR count). The van der Waals surface area contributed by atoms with Crippen LogP contribution in [-0.2, 0) is 40.0 Å². The van der Waals surface area contributed by atoms with Crippen molar-refractivity contribution in [3.63, 3.8) is 0 Å². The van der Waals surface area contributed by atoms with E-state index in [1.165, 1.54) is 5.56 Å². The molecule has 0 bridgehead atoms. The molecular formula is C63H68N6O7. The number of nitrogen functional groups attached to an aromatic ring is 1. The second kappa shape index (κ2) is 29.6. The van der Waals surface area contributed by atoms with Crippen molar-refractivity contribution >= 4 is 17.2 Å². The van der Waals surface area contributed by atoms with Gasteiger partial charge in [0.1, 0.15) is 23.0 Å². The molecule has 0 fully saturated rings. The molecular weight excluding hydrogens is 953 g/mol. The highest BCUT2D eigenvalue weighted by Crippen LogP contribution is 2.30. The molecule has 0 saturated carbocycles. The van der Waals surface area contributed by atoms with Gasteiger partial charge in [0.2, 0.25) is 12.2 Å². The summed E-state index contributed by atoms with van der Waals surface area (Å²) in [5, 5.41) is 20.1. The van der Waals surface area contributed by atoms with E-state index >= 15 is 0 Å². The number of aliphatic hydroxyl groups excluding tert-OH is 1. The van der Waals surface area contributed by atoms with Crippen LogP contribution >= 0.6 is 0 Å². The van der Waals surface area contributed by atoms with Gasteiger partial charge in [0.05, 0.1) is 42.2 Å². The minimum Gasteiger partial charge on any atom is -0.494 e. The Morgan fingerprint density at radius 2 is 1.03 bits per heavy atom. The zero-order valence-electron chi connectivity index (χ0n) is 43.6. The quantitative estimate of drug-likeness (QED) is 0.0409. The van der Waals surface area contributed by atoms with Gasteiger partial charge in [-0.15, -0.1) is 0 Å². The molecule has 0 unspecified atom stereocenters. The zero-order chi connectivity index (χ0) is 53.3. The second-order valence-electron chi connectivity index (χ2n) is 17.8. The van der Waals surface area contributed by atoms with E-state index in [1.54, 1.807) is 10.6 Å². The predicted octanol–water partition coefficient (Wildman–Crippen LogP) is 11.7. The topological polar surface area (TPSA) is 176 Å². The van der Waals surface area contributed by atoms with Gasteiger partial charge in [0.15, 0.2) is 11.4 Å². The van der Waals surface area contributed by atoms with Crippen LogP contribution in [0.4, 0.5) is 5.82 Å². The fourth-order valence-corrected chi connectivity index (χ4v) is 8.04. The largest absolute Gasteiger partial charge is 0.494 e. The van der Waals surface area contributed by atoms with Crippen LogP contribution < -0.4 is 15.2 Å². The minimum atomic E-state index is -0.727. The molecule has 0 radical (unpaired) electrons. The third-order valence-electron chi connectivity index (χ3n) is 12.0. The number of ketones is 1.